The third kappa shape index (κ3) is 6.17. The number of anilines is 1. The summed E-state index contributed by atoms with van der Waals surface area (Å²) in [6, 6.07) is 17.6. The lowest BCUT2D eigenvalue weighted by Crippen LogP contribution is -2.40. The van der Waals surface area contributed by atoms with Crippen molar-refractivity contribution in [2.24, 2.45) is 5.73 Å². The zero-order valence-electron chi connectivity index (χ0n) is 24.2. The van der Waals surface area contributed by atoms with Crippen molar-refractivity contribution in [2.75, 3.05) is 32.2 Å². The van der Waals surface area contributed by atoms with Crippen molar-refractivity contribution >= 4 is 23.7 Å². The number of hydrogen-bond acceptors (Lipinski definition) is 10. The Bertz CT molecular complexity index is 1450. The van der Waals surface area contributed by atoms with E-state index >= 15 is 0 Å². The van der Waals surface area contributed by atoms with E-state index in [2.05, 4.69) is 6.07 Å². The van der Waals surface area contributed by atoms with Crippen LogP contribution in [0.3, 0.4) is 0 Å². The highest BCUT2D eigenvalue weighted by Crippen LogP contribution is 2.43. The zero-order chi connectivity index (χ0) is 30.6. The van der Waals surface area contributed by atoms with Gasteiger partial charge in [-0.1, -0.05) is 30.3 Å². The van der Waals surface area contributed by atoms with Crippen LogP contribution in [0.15, 0.2) is 77.3 Å². The third-order valence-electron chi connectivity index (χ3n) is 6.80. The van der Waals surface area contributed by atoms with Crippen LogP contribution in [-0.4, -0.2) is 61.9 Å². The van der Waals surface area contributed by atoms with E-state index in [1.54, 1.807) is 59.5 Å². The molecule has 1 saturated heterocycles. The number of carbonyl (C=O) groups is 3. The molecule has 2 unspecified atom stereocenters. The van der Waals surface area contributed by atoms with Crippen molar-refractivity contribution in [2.45, 2.75) is 44.8 Å². The van der Waals surface area contributed by atoms with Crippen LogP contribution in [0.25, 0.3) is 0 Å². The Kier molecular flexibility index (Phi) is 8.76. The SMILES string of the molecule is COC(=O)C1=C(C(=O)OC)N(c2ccc(OC3CCN(C(=O)OC(C)(C)C)C3)cc2)C(N)=C(C#N)C1c1ccccc1. The van der Waals surface area contributed by atoms with E-state index in [4.69, 9.17) is 24.7 Å². The molecule has 2 aliphatic rings. The summed E-state index contributed by atoms with van der Waals surface area (Å²) in [6.07, 6.45) is 0.00552. The largest absolute Gasteiger partial charge is 0.489 e. The number of methoxy groups -OCH3 is 2. The number of allylic oxidation sites excluding steroid dienone is 1. The van der Waals surface area contributed by atoms with Gasteiger partial charge in [-0.25, -0.2) is 14.4 Å². The van der Waals surface area contributed by atoms with Crippen molar-refractivity contribution < 1.29 is 33.3 Å². The van der Waals surface area contributed by atoms with Crippen molar-refractivity contribution in [3.63, 3.8) is 0 Å². The molecule has 1 fully saturated rings. The van der Waals surface area contributed by atoms with Gasteiger partial charge in [-0.3, -0.25) is 4.90 Å². The number of nitrogens with zero attached hydrogens (tertiary/aromatic N) is 3. The van der Waals surface area contributed by atoms with Crippen LogP contribution in [0.5, 0.6) is 5.75 Å². The van der Waals surface area contributed by atoms with E-state index in [0.717, 1.165) is 0 Å². The zero-order valence-corrected chi connectivity index (χ0v) is 24.2. The number of amides is 1. The number of rotatable bonds is 6. The number of carbonyl (C=O) groups excluding carboxylic acids is 3. The quantitative estimate of drug-likeness (QED) is 0.397. The van der Waals surface area contributed by atoms with Gasteiger partial charge in [0, 0.05) is 18.7 Å². The molecule has 2 aromatic rings. The molecule has 0 saturated carbocycles. The number of benzene rings is 2. The number of nitriles is 1. The van der Waals surface area contributed by atoms with E-state index in [1.807, 2.05) is 20.8 Å². The average molecular weight is 575 g/mol. The minimum Gasteiger partial charge on any atom is -0.489 e. The summed E-state index contributed by atoms with van der Waals surface area (Å²) in [5.41, 5.74) is 6.77. The molecule has 4 rings (SSSR count). The maximum atomic E-state index is 13.2. The molecule has 2 aromatic carbocycles. The van der Waals surface area contributed by atoms with Gasteiger partial charge in [0.05, 0.1) is 43.9 Å². The molecule has 11 nitrogen and oxygen atoms in total. The van der Waals surface area contributed by atoms with Crippen LogP contribution in [-0.2, 0) is 23.8 Å². The Morgan fingerprint density at radius 3 is 2.19 bits per heavy atom. The number of hydrogen-bond donors (Lipinski definition) is 1. The van der Waals surface area contributed by atoms with Gasteiger partial charge in [0.15, 0.2) is 0 Å². The van der Waals surface area contributed by atoms with Gasteiger partial charge < -0.3 is 29.6 Å². The number of nitrogens with two attached hydrogens (primary N) is 1. The van der Waals surface area contributed by atoms with Crippen LogP contribution < -0.4 is 15.4 Å². The van der Waals surface area contributed by atoms with Crippen molar-refractivity contribution in [1.29, 1.82) is 5.26 Å². The first-order valence-corrected chi connectivity index (χ1v) is 13.4. The van der Waals surface area contributed by atoms with Gasteiger partial charge in [0.1, 0.15) is 29.0 Å². The fourth-order valence-corrected chi connectivity index (χ4v) is 4.96. The fraction of sp³-hybridized carbons (Fsp3) is 0.355. The summed E-state index contributed by atoms with van der Waals surface area (Å²) < 4.78 is 21.7. The lowest BCUT2D eigenvalue weighted by Gasteiger charge is -2.35. The molecule has 2 atom stereocenters. The number of likely N-dealkylation sites (tertiary alicyclic amines) is 1. The van der Waals surface area contributed by atoms with Crippen molar-refractivity contribution in [1.82, 2.24) is 4.90 Å². The molecular formula is C31H34N4O7. The van der Waals surface area contributed by atoms with Gasteiger partial charge in [-0.2, -0.15) is 5.26 Å². The van der Waals surface area contributed by atoms with E-state index < -0.39 is 23.5 Å². The standard InChI is InChI=1S/C31H34N4O7/c1-31(2,3)42-30(38)34-16-15-22(18-34)41-21-13-11-20(12-14-21)35-26(29(37)40-5)25(28(36)39-4)24(23(17-32)27(35)33)19-9-7-6-8-10-19/h6-14,22,24H,15-16,18,33H2,1-5H3. The fourth-order valence-electron chi connectivity index (χ4n) is 4.96. The molecule has 0 bridgehead atoms. The molecule has 0 aromatic heterocycles. The molecule has 2 aliphatic heterocycles. The maximum Gasteiger partial charge on any atom is 0.410 e. The Labute approximate surface area is 244 Å². The summed E-state index contributed by atoms with van der Waals surface area (Å²) in [4.78, 5) is 41.7. The van der Waals surface area contributed by atoms with Crippen LogP contribution in [0.1, 0.15) is 38.7 Å². The molecule has 220 valence electrons. The Morgan fingerprint density at radius 1 is 0.976 bits per heavy atom. The van der Waals surface area contributed by atoms with E-state index in [-0.39, 0.29) is 34.9 Å². The van der Waals surface area contributed by atoms with Gasteiger partial charge >= 0.3 is 18.0 Å². The predicted octanol–water partition coefficient (Wildman–Crippen LogP) is 3.97. The van der Waals surface area contributed by atoms with E-state index in [9.17, 15) is 19.6 Å². The van der Waals surface area contributed by atoms with Crippen LogP contribution in [0.4, 0.5) is 10.5 Å². The van der Waals surface area contributed by atoms with Crippen LogP contribution in [0.2, 0.25) is 0 Å². The Balaban J connectivity index is 1.67. The highest BCUT2D eigenvalue weighted by Gasteiger charge is 2.43. The molecule has 0 radical (unpaired) electrons. The second-order valence-corrected chi connectivity index (χ2v) is 10.8. The third-order valence-corrected chi connectivity index (χ3v) is 6.80. The molecule has 0 spiro atoms. The van der Waals surface area contributed by atoms with Gasteiger partial charge in [-0.05, 0) is 50.6 Å². The molecule has 11 heteroatoms. The van der Waals surface area contributed by atoms with E-state index in [0.29, 0.717) is 36.5 Å². The van der Waals surface area contributed by atoms with Crippen molar-refractivity contribution in [3.05, 3.63) is 82.8 Å². The van der Waals surface area contributed by atoms with Gasteiger partial charge in [-0.15, -0.1) is 0 Å². The summed E-state index contributed by atoms with van der Waals surface area (Å²) in [7, 11) is 2.39. The number of esters is 2. The van der Waals surface area contributed by atoms with Gasteiger partial charge in [0.2, 0.25) is 0 Å². The molecule has 42 heavy (non-hydrogen) atoms. The monoisotopic (exact) mass is 574 g/mol. The first-order chi connectivity index (χ1) is 20.0. The Hall–Kier alpha value is -4.98. The van der Waals surface area contributed by atoms with Crippen LogP contribution in [0, 0.1) is 11.3 Å². The topological polar surface area (TPSA) is 144 Å². The van der Waals surface area contributed by atoms with Crippen molar-refractivity contribution in [3.8, 4) is 11.8 Å². The molecule has 2 N–H and O–H groups in total. The van der Waals surface area contributed by atoms with E-state index in [1.165, 1.54) is 19.1 Å². The highest BCUT2D eigenvalue weighted by atomic mass is 16.6. The maximum absolute atomic E-state index is 13.2. The van der Waals surface area contributed by atoms with Crippen LogP contribution >= 0.6 is 0 Å². The lowest BCUT2D eigenvalue weighted by molar-refractivity contribution is -0.139. The minimum absolute atomic E-state index is 0.0307. The smallest absolute Gasteiger partial charge is 0.410 e. The van der Waals surface area contributed by atoms with Gasteiger partial charge in [0.25, 0.3) is 0 Å². The normalized spacial score (nSPS) is 18.9. The predicted molar refractivity (Wildman–Crippen MR) is 153 cm³/mol. The number of ether oxygens (including phenoxy) is 4. The highest BCUT2D eigenvalue weighted by molar-refractivity contribution is 6.06. The summed E-state index contributed by atoms with van der Waals surface area (Å²) in [6.45, 7) is 6.34. The second kappa shape index (κ2) is 12.3. The summed E-state index contributed by atoms with van der Waals surface area (Å²) >= 11 is 0. The average Bonchev–Trinajstić information content (AvgIpc) is 3.44. The molecule has 0 aliphatic carbocycles. The minimum atomic E-state index is -0.952. The molecule has 2 heterocycles. The first kappa shape index (κ1) is 30.0. The molecular weight excluding hydrogens is 540 g/mol. The second-order valence-electron chi connectivity index (χ2n) is 10.8. The Morgan fingerprint density at radius 2 is 1.62 bits per heavy atom. The summed E-state index contributed by atoms with van der Waals surface area (Å²) in [5.74, 6) is -2.09. The summed E-state index contributed by atoms with van der Waals surface area (Å²) in [5, 5.41) is 10.2. The first-order valence-electron chi connectivity index (χ1n) is 13.4. The lowest BCUT2D eigenvalue weighted by atomic mass is 9.81. The molecule has 1 amide bonds.